The van der Waals surface area contributed by atoms with Gasteiger partial charge in [-0.2, -0.15) is 0 Å². The molecule has 62 heavy (non-hydrogen) atoms. The number of aromatic hydroxyl groups is 1. The van der Waals surface area contributed by atoms with E-state index >= 15 is 0 Å². The van der Waals surface area contributed by atoms with E-state index in [2.05, 4.69) is 42.5 Å². The zero-order valence-corrected chi connectivity index (χ0v) is 36.7. The number of carboxylic acid groups (broad SMARTS) is 2. The van der Waals surface area contributed by atoms with E-state index in [1.54, 1.807) is 41.5 Å². The number of carbonyl (C=O) groups is 10. The van der Waals surface area contributed by atoms with Crippen LogP contribution in [-0.2, 0) is 54.4 Å². The monoisotopic (exact) mass is 877 g/mol. The van der Waals surface area contributed by atoms with Gasteiger partial charge in [0.2, 0.25) is 47.3 Å². The van der Waals surface area contributed by atoms with Crippen LogP contribution < -0.4 is 48.3 Å². The lowest BCUT2D eigenvalue weighted by atomic mass is 10.00. The third kappa shape index (κ3) is 17.7. The molecule has 0 radical (unpaired) electrons. The van der Waals surface area contributed by atoms with Crippen molar-refractivity contribution in [3.63, 3.8) is 0 Å². The Labute approximate surface area is 360 Å². The zero-order chi connectivity index (χ0) is 47.8. The Bertz CT molecular complexity index is 1790. The van der Waals surface area contributed by atoms with Crippen molar-refractivity contribution in [1.29, 1.82) is 0 Å². The molecule has 1 aromatic carbocycles. The molecule has 0 saturated carbocycles. The third-order valence-electron chi connectivity index (χ3n) is 9.53. The second kappa shape index (κ2) is 24.8. The van der Waals surface area contributed by atoms with Gasteiger partial charge in [-0.05, 0) is 63.1 Å². The number of benzene rings is 1. The Kier molecular flexibility index (Phi) is 21.5. The molecule has 0 aliphatic carbocycles. The second-order valence-electron chi connectivity index (χ2n) is 16.1. The Morgan fingerprint density at radius 1 is 0.468 bits per heavy atom. The first-order chi connectivity index (χ1) is 28.7. The summed E-state index contributed by atoms with van der Waals surface area (Å²) in [7, 11) is 0. The third-order valence-corrected chi connectivity index (χ3v) is 9.53. The molecule has 0 fully saturated rings. The van der Waals surface area contributed by atoms with Gasteiger partial charge < -0.3 is 63.6 Å². The van der Waals surface area contributed by atoms with E-state index in [1.165, 1.54) is 52.0 Å². The van der Waals surface area contributed by atoms with Gasteiger partial charge in [0.15, 0.2) is 0 Å². The number of rotatable bonds is 24. The van der Waals surface area contributed by atoms with Crippen LogP contribution in [0.15, 0.2) is 24.3 Å². The number of amides is 8. The van der Waals surface area contributed by atoms with Crippen molar-refractivity contribution < 1.29 is 63.3 Å². The summed E-state index contributed by atoms with van der Waals surface area (Å²) in [5.41, 5.74) is 6.32. The summed E-state index contributed by atoms with van der Waals surface area (Å²) in [6.07, 6.45) is -1.18. The molecule has 1 rings (SSSR count). The topological polar surface area (TPSA) is 354 Å². The lowest BCUT2D eigenvalue weighted by Gasteiger charge is -2.27. The first kappa shape index (κ1) is 53.7. The number of hydrogen-bond acceptors (Lipinski definition) is 12. The molecule has 22 nitrogen and oxygen atoms in total. The average Bonchev–Trinajstić information content (AvgIpc) is 3.17. The fourth-order valence-electron chi connectivity index (χ4n) is 5.47. The van der Waals surface area contributed by atoms with Gasteiger partial charge in [-0.25, -0.2) is 4.79 Å². The Morgan fingerprint density at radius 2 is 0.823 bits per heavy atom. The van der Waals surface area contributed by atoms with E-state index in [1.807, 2.05) is 0 Å². The summed E-state index contributed by atoms with van der Waals surface area (Å²) < 4.78 is 0. The minimum Gasteiger partial charge on any atom is -0.508 e. The van der Waals surface area contributed by atoms with Gasteiger partial charge in [0.25, 0.3) is 0 Å². The normalized spacial score (nSPS) is 15.5. The Balaban J connectivity index is 2.86. The van der Waals surface area contributed by atoms with E-state index < -0.39 is 126 Å². The molecular formula is C40H63N9O13. The average molecular weight is 878 g/mol. The molecule has 0 aromatic heterocycles. The van der Waals surface area contributed by atoms with Gasteiger partial charge in [-0.3, -0.25) is 43.2 Å². The van der Waals surface area contributed by atoms with Crippen molar-refractivity contribution in [1.82, 2.24) is 42.5 Å². The van der Waals surface area contributed by atoms with E-state index in [-0.39, 0.29) is 24.0 Å². The van der Waals surface area contributed by atoms with Crippen molar-refractivity contribution >= 4 is 59.2 Å². The van der Waals surface area contributed by atoms with Crippen LogP contribution in [0.3, 0.4) is 0 Å². The summed E-state index contributed by atoms with van der Waals surface area (Å²) >= 11 is 0. The van der Waals surface area contributed by atoms with E-state index in [0.29, 0.717) is 5.56 Å². The standard InChI is InChI=1S/C40H63N9O13/c1-17(2)29(41)37(58)49-31(19(5)6)39(60)44-21(8)33(54)42-20(7)32(53)43-23(10)35(56)48-30(18(3)4)38(59)45-22(9)34(55)46-26(16-28(51)52)36(57)47-27(40(61)62)15-24-11-13-25(50)14-12-24/h11-14,17-23,26-27,29-31,50H,15-16,41H2,1-10H3,(H,42,54)(H,43,53)(H,44,60)(H,45,59)(H,46,55)(H,47,57)(H,48,56)(H,49,58)(H,51,52)(H,61,62)/t20-,21-,22-,23-,26-,27-,29-,30-,31-/m0/s1. The maximum atomic E-state index is 13.3. The van der Waals surface area contributed by atoms with E-state index in [0.717, 1.165) is 0 Å². The maximum absolute atomic E-state index is 13.3. The number of phenols is 1. The van der Waals surface area contributed by atoms with Gasteiger partial charge in [-0.15, -0.1) is 0 Å². The van der Waals surface area contributed by atoms with Gasteiger partial charge in [0.05, 0.1) is 12.5 Å². The van der Waals surface area contributed by atoms with Crippen LogP contribution in [0.2, 0.25) is 0 Å². The smallest absolute Gasteiger partial charge is 0.326 e. The predicted molar refractivity (Wildman–Crippen MR) is 222 cm³/mol. The molecule has 9 atom stereocenters. The lowest BCUT2D eigenvalue weighted by molar-refractivity contribution is -0.143. The Hall–Kier alpha value is -6.32. The molecule has 0 unspecified atom stereocenters. The summed E-state index contributed by atoms with van der Waals surface area (Å²) in [4.78, 5) is 127. The molecule has 8 amide bonds. The molecule has 0 aliphatic rings. The number of nitrogens with two attached hydrogens (primary N) is 1. The highest BCUT2D eigenvalue weighted by Crippen LogP contribution is 2.12. The molecule has 1 aromatic rings. The summed E-state index contributed by atoms with van der Waals surface area (Å²) in [6.45, 7) is 15.3. The molecule has 13 N–H and O–H groups in total. The highest BCUT2D eigenvalue weighted by Gasteiger charge is 2.34. The van der Waals surface area contributed by atoms with Crippen LogP contribution in [0.4, 0.5) is 0 Å². The molecule has 0 heterocycles. The van der Waals surface area contributed by atoms with E-state index in [9.17, 15) is 63.3 Å². The maximum Gasteiger partial charge on any atom is 0.326 e. The minimum absolute atomic E-state index is 0.0727. The minimum atomic E-state index is -1.76. The largest absolute Gasteiger partial charge is 0.508 e. The highest BCUT2D eigenvalue weighted by molar-refractivity contribution is 5.98. The quantitative estimate of drug-likeness (QED) is 0.0522. The summed E-state index contributed by atoms with van der Waals surface area (Å²) in [6, 6.07) is -5.93. The van der Waals surface area contributed by atoms with Gasteiger partial charge >= 0.3 is 11.9 Å². The second-order valence-corrected chi connectivity index (χ2v) is 16.1. The molecule has 0 saturated heterocycles. The van der Waals surface area contributed by atoms with Crippen molar-refractivity contribution in [2.45, 2.75) is 136 Å². The molecule has 0 bridgehead atoms. The van der Waals surface area contributed by atoms with Crippen LogP contribution in [0, 0.1) is 17.8 Å². The first-order valence-electron chi connectivity index (χ1n) is 20.1. The fraction of sp³-hybridized carbons (Fsp3) is 0.600. The summed E-state index contributed by atoms with van der Waals surface area (Å²) in [5.74, 6) is -10.7. The number of carboxylic acids is 2. The van der Waals surface area contributed by atoms with Crippen LogP contribution in [0.1, 0.15) is 81.2 Å². The van der Waals surface area contributed by atoms with Crippen molar-refractivity contribution in [2.75, 3.05) is 0 Å². The molecular weight excluding hydrogens is 814 g/mol. The van der Waals surface area contributed by atoms with Crippen LogP contribution in [0.5, 0.6) is 5.75 Å². The molecule has 346 valence electrons. The number of nitrogens with one attached hydrogen (secondary N) is 8. The molecule has 0 aliphatic heterocycles. The number of aliphatic carboxylic acids is 2. The molecule has 22 heteroatoms. The molecule has 0 spiro atoms. The van der Waals surface area contributed by atoms with Crippen molar-refractivity contribution in [2.24, 2.45) is 23.5 Å². The fourth-order valence-corrected chi connectivity index (χ4v) is 5.47. The van der Waals surface area contributed by atoms with Crippen LogP contribution in [0.25, 0.3) is 0 Å². The number of hydrogen-bond donors (Lipinski definition) is 12. The number of carbonyl (C=O) groups excluding carboxylic acids is 8. The van der Waals surface area contributed by atoms with E-state index in [4.69, 9.17) is 5.73 Å². The Morgan fingerprint density at radius 3 is 1.19 bits per heavy atom. The van der Waals surface area contributed by atoms with Gasteiger partial charge in [0.1, 0.15) is 54.1 Å². The first-order valence-corrected chi connectivity index (χ1v) is 20.1. The van der Waals surface area contributed by atoms with Crippen molar-refractivity contribution in [3.8, 4) is 5.75 Å². The van der Waals surface area contributed by atoms with Gasteiger partial charge in [0, 0.05) is 6.42 Å². The predicted octanol–water partition coefficient (Wildman–Crippen LogP) is -2.25. The number of phenolic OH excluding ortho intramolecular Hbond substituents is 1. The van der Waals surface area contributed by atoms with Crippen LogP contribution >= 0.6 is 0 Å². The van der Waals surface area contributed by atoms with Gasteiger partial charge in [-0.1, -0.05) is 53.7 Å². The zero-order valence-electron chi connectivity index (χ0n) is 36.7. The van der Waals surface area contributed by atoms with Crippen LogP contribution in [-0.4, -0.2) is 129 Å². The highest BCUT2D eigenvalue weighted by atomic mass is 16.4. The summed E-state index contributed by atoms with van der Waals surface area (Å²) in [5, 5.41) is 47.8. The SMILES string of the molecule is CC(C)[C@H](N)C(=O)N[C@H](C(=O)N[C@@H](C)C(=O)N[C@@H](C)C(=O)N[C@@H](C)C(=O)N[C@H](C(=O)N[C@@H](C)C(=O)N[C@@H](CC(=O)O)C(=O)N[C@@H](Cc1ccc(O)cc1)C(=O)O)C(C)C)C(C)C. The lowest BCUT2D eigenvalue weighted by Crippen LogP contribution is -2.60. The van der Waals surface area contributed by atoms with Crippen molar-refractivity contribution in [3.05, 3.63) is 29.8 Å².